The number of hydrogen-bond acceptors (Lipinski definition) is 4. The molecule has 0 aromatic heterocycles. The SMILES string of the molecule is Cc1ccc(S(=O)(=O)NC(CC(C)C)C(=O)NC(C)C(=O)O)cc1. The number of carbonyl (C=O) groups is 2. The van der Waals surface area contributed by atoms with Crippen molar-refractivity contribution in [1.82, 2.24) is 10.0 Å². The molecule has 0 radical (unpaired) electrons. The zero-order chi connectivity index (χ0) is 18.5. The third-order valence-corrected chi connectivity index (χ3v) is 4.87. The van der Waals surface area contributed by atoms with Crippen LogP contribution in [0, 0.1) is 12.8 Å². The van der Waals surface area contributed by atoms with E-state index in [-0.39, 0.29) is 17.2 Å². The van der Waals surface area contributed by atoms with Crippen molar-refractivity contribution in [1.29, 1.82) is 0 Å². The van der Waals surface area contributed by atoms with Crippen molar-refractivity contribution in [2.75, 3.05) is 0 Å². The number of carboxylic acid groups (broad SMARTS) is 1. The van der Waals surface area contributed by atoms with Crippen molar-refractivity contribution < 1.29 is 23.1 Å². The highest BCUT2D eigenvalue weighted by Crippen LogP contribution is 2.13. The summed E-state index contributed by atoms with van der Waals surface area (Å²) in [5.74, 6) is -1.80. The minimum Gasteiger partial charge on any atom is -0.480 e. The fourth-order valence-electron chi connectivity index (χ4n) is 2.03. The predicted molar refractivity (Wildman–Crippen MR) is 90.0 cm³/mol. The highest BCUT2D eigenvalue weighted by Gasteiger charge is 2.28. The second kappa shape index (κ2) is 8.25. The summed E-state index contributed by atoms with van der Waals surface area (Å²) >= 11 is 0. The number of carbonyl (C=O) groups excluding carboxylic acids is 1. The number of rotatable bonds is 8. The Morgan fingerprint density at radius 3 is 2.12 bits per heavy atom. The molecule has 1 aromatic rings. The molecule has 2 unspecified atom stereocenters. The van der Waals surface area contributed by atoms with Gasteiger partial charge in [-0.2, -0.15) is 4.72 Å². The monoisotopic (exact) mass is 356 g/mol. The van der Waals surface area contributed by atoms with Gasteiger partial charge in [-0.25, -0.2) is 8.42 Å². The fraction of sp³-hybridized carbons (Fsp3) is 0.500. The van der Waals surface area contributed by atoms with Gasteiger partial charge in [0.2, 0.25) is 15.9 Å². The third kappa shape index (κ3) is 5.93. The van der Waals surface area contributed by atoms with Gasteiger partial charge < -0.3 is 10.4 Å². The van der Waals surface area contributed by atoms with E-state index in [0.29, 0.717) is 0 Å². The molecule has 0 saturated carbocycles. The Labute approximate surface area is 142 Å². The minimum atomic E-state index is -3.88. The van der Waals surface area contributed by atoms with E-state index in [4.69, 9.17) is 5.11 Å². The second-order valence-corrected chi connectivity index (χ2v) is 7.90. The van der Waals surface area contributed by atoms with Crippen LogP contribution >= 0.6 is 0 Å². The van der Waals surface area contributed by atoms with Crippen LogP contribution in [0.1, 0.15) is 32.8 Å². The summed E-state index contributed by atoms with van der Waals surface area (Å²) in [6, 6.07) is 4.11. The van der Waals surface area contributed by atoms with Gasteiger partial charge >= 0.3 is 5.97 Å². The van der Waals surface area contributed by atoms with Crippen LogP contribution in [0.15, 0.2) is 29.2 Å². The lowest BCUT2D eigenvalue weighted by molar-refractivity contribution is -0.141. The maximum absolute atomic E-state index is 12.5. The van der Waals surface area contributed by atoms with E-state index in [9.17, 15) is 18.0 Å². The Morgan fingerprint density at radius 2 is 1.67 bits per heavy atom. The molecule has 134 valence electrons. The summed E-state index contributed by atoms with van der Waals surface area (Å²) in [4.78, 5) is 23.2. The van der Waals surface area contributed by atoms with Crippen molar-refractivity contribution in [3.63, 3.8) is 0 Å². The fourth-order valence-corrected chi connectivity index (χ4v) is 3.24. The maximum Gasteiger partial charge on any atom is 0.325 e. The molecular weight excluding hydrogens is 332 g/mol. The van der Waals surface area contributed by atoms with Crippen molar-refractivity contribution in [3.05, 3.63) is 29.8 Å². The molecule has 0 saturated heterocycles. The Hall–Kier alpha value is -1.93. The Kier molecular flexibility index (Phi) is 6.92. The van der Waals surface area contributed by atoms with Gasteiger partial charge in [0, 0.05) is 0 Å². The molecule has 0 aliphatic carbocycles. The highest BCUT2D eigenvalue weighted by atomic mass is 32.2. The number of carboxylic acids is 1. The van der Waals surface area contributed by atoms with Crippen LogP contribution in [-0.4, -0.2) is 37.5 Å². The van der Waals surface area contributed by atoms with E-state index in [1.54, 1.807) is 12.1 Å². The Balaban J connectivity index is 2.98. The first-order chi connectivity index (χ1) is 11.0. The molecular formula is C16H24N2O5S. The van der Waals surface area contributed by atoms with Crippen LogP contribution in [0.2, 0.25) is 0 Å². The van der Waals surface area contributed by atoms with Crippen molar-refractivity contribution in [2.24, 2.45) is 5.92 Å². The van der Waals surface area contributed by atoms with Gasteiger partial charge in [-0.3, -0.25) is 9.59 Å². The van der Waals surface area contributed by atoms with Gasteiger partial charge in [-0.05, 0) is 38.3 Å². The molecule has 0 fully saturated rings. The van der Waals surface area contributed by atoms with Crippen LogP contribution in [0.5, 0.6) is 0 Å². The summed E-state index contributed by atoms with van der Waals surface area (Å²) in [5.41, 5.74) is 0.917. The standard InChI is InChI=1S/C16H24N2O5S/c1-10(2)9-14(15(19)17-12(4)16(20)21)18-24(22,23)13-7-5-11(3)6-8-13/h5-8,10,12,14,18H,9H2,1-4H3,(H,17,19)(H,20,21). The first-order valence-electron chi connectivity index (χ1n) is 7.65. The van der Waals surface area contributed by atoms with Crippen LogP contribution < -0.4 is 10.0 Å². The average molecular weight is 356 g/mol. The van der Waals surface area contributed by atoms with Crippen LogP contribution in [0.25, 0.3) is 0 Å². The summed E-state index contributed by atoms with van der Waals surface area (Å²) in [6.07, 6.45) is 0.253. The van der Waals surface area contributed by atoms with E-state index in [1.807, 2.05) is 20.8 Å². The molecule has 0 spiro atoms. The number of sulfonamides is 1. The lowest BCUT2D eigenvalue weighted by Crippen LogP contribution is -2.51. The van der Waals surface area contributed by atoms with E-state index in [2.05, 4.69) is 10.0 Å². The second-order valence-electron chi connectivity index (χ2n) is 6.18. The molecule has 0 aliphatic rings. The molecule has 2 atom stereocenters. The zero-order valence-electron chi connectivity index (χ0n) is 14.2. The summed E-state index contributed by atoms with van der Waals surface area (Å²) in [6.45, 7) is 6.86. The van der Waals surface area contributed by atoms with Gasteiger partial charge in [0.1, 0.15) is 12.1 Å². The van der Waals surface area contributed by atoms with Crippen molar-refractivity contribution in [2.45, 2.75) is 51.1 Å². The van der Waals surface area contributed by atoms with E-state index >= 15 is 0 Å². The number of amides is 1. The Bertz CT molecular complexity index is 683. The first kappa shape index (κ1) is 20.1. The van der Waals surface area contributed by atoms with E-state index < -0.39 is 34.0 Å². The smallest absolute Gasteiger partial charge is 0.325 e. The quantitative estimate of drug-likeness (QED) is 0.649. The predicted octanol–water partition coefficient (Wildman–Crippen LogP) is 1.28. The van der Waals surface area contributed by atoms with Crippen molar-refractivity contribution in [3.8, 4) is 0 Å². The number of hydrogen-bond donors (Lipinski definition) is 3. The molecule has 7 nitrogen and oxygen atoms in total. The molecule has 3 N–H and O–H groups in total. The van der Waals surface area contributed by atoms with E-state index in [1.165, 1.54) is 19.1 Å². The maximum atomic E-state index is 12.5. The summed E-state index contributed by atoms with van der Waals surface area (Å²) in [5, 5.41) is 11.2. The Morgan fingerprint density at radius 1 is 1.12 bits per heavy atom. The molecule has 1 aromatic carbocycles. The molecule has 24 heavy (non-hydrogen) atoms. The van der Waals surface area contributed by atoms with Gasteiger partial charge in [-0.15, -0.1) is 0 Å². The number of nitrogens with one attached hydrogen (secondary N) is 2. The molecule has 0 aliphatic heterocycles. The summed E-state index contributed by atoms with van der Waals surface area (Å²) < 4.78 is 27.3. The van der Waals surface area contributed by atoms with E-state index in [0.717, 1.165) is 5.56 Å². The van der Waals surface area contributed by atoms with Crippen molar-refractivity contribution >= 4 is 21.9 Å². The first-order valence-corrected chi connectivity index (χ1v) is 9.13. The van der Waals surface area contributed by atoms with Gasteiger partial charge in [0.25, 0.3) is 0 Å². The molecule has 0 bridgehead atoms. The summed E-state index contributed by atoms with van der Waals surface area (Å²) in [7, 11) is -3.88. The zero-order valence-corrected chi connectivity index (χ0v) is 15.1. The van der Waals surface area contributed by atoms with Gasteiger partial charge in [0.05, 0.1) is 4.90 Å². The number of aliphatic carboxylic acids is 1. The minimum absolute atomic E-state index is 0.0431. The van der Waals surface area contributed by atoms with Crippen LogP contribution in [0.3, 0.4) is 0 Å². The molecule has 1 amide bonds. The number of aryl methyl sites for hydroxylation is 1. The average Bonchev–Trinajstić information content (AvgIpc) is 2.46. The largest absolute Gasteiger partial charge is 0.480 e. The molecule has 8 heteroatoms. The van der Waals surface area contributed by atoms with Gasteiger partial charge in [0.15, 0.2) is 0 Å². The van der Waals surface area contributed by atoms with Crippen LogP contribution in [-0.2, 0) is 19.6 Å². The lowest BCUT2D eigenvalue weighted by Gasteiger charge is -2.21. The topological polar surface area (TPSA) is 113 Å². The highest BCUT2D eigenvalue weighted by molar-refractivity contribution is 7.89. The van der Waals surface area contributed by atoms with Gasteiger partial charge in [-0.1, -0.05) is 31.5 Å². The lowest BCUT2D eigenvalue weighted by atomic mass is 10.0. The third-order valence-electron chi connectivity index (χ3n) is 3.38. The normalized spacial score (nSPS) is 14.2. The van der Waals surface area contributed by atoms with Crippen LogP contribution in [0.4, 0.5) is 0 Å². The molecule has 0 heterocycles. The number of benzene rings is 1. The molecule has 1 rings (SSSR count).